The molecule has 0 saturated heterocycles. The zero-order valence-electron chi connectivity index (χ0n) is 15.2. The van der Waals surface area contributed by atoms with Crippen LogP contribution in [0.3, 0.4) is 0 Å². The number of rotatable bonds is 5. The van der Waals surface area contributed by atoms with Crippen LogP contribution >= 0.6 is 0 Å². The lowest BCUT2D eigenvalue weighted by Crippen LogP contribution is -2.09. The molecule has 0 aliphatic heterocycles. The molecule has 1 aromatic heterocycles. The van der Waals surface area contributed by atoms with Gasteiger partial charge in [0.15, 0.2) is 9.84 Å². The zero-order chi connectivity index (χ0) is 18.9. The van der Waals surface area contributed by atoms with Crippen molar-refractivity contribution in [3.8, 4) is 0 Å². The second kappa shape index (κ2) is 6.80. The number of nitrogens with zero attached hydrogens (tertiary/aromatic N) is 1. The standard InChI is InChI=1S/C21H22FNO2S/c1-4-21(5-2)12-18(15-6-9-17(10-7-15)26(3,24)25)19(13-21)20-11-8-16(22)14-23-20/h6-14H,4-5H2,1-3H3. The van der Waals surface area contributed by atoms with Crippen molar-refractivity contribution in [3.05, 3.63) is 71.8 Å². The van der Waals surface area contributed by atoms with Crippen molar-refractivity contribution < 1.29 is 12.8 Å². The summed E-state index contributed by atoms with van der Waals surface area (Å²) in [6.07, 6.45) is 8.73. The fourth-order valence-corrected chi connectivity index (χ4v) is 3.93. The molecular formula is C21H22FNO2S. The molecule has 0 unspecified atom stereocenters. The van der Waals surface area contributed by atoms with Crippen LogP contribution in [0.2, 0.25) is 0 Å². The predicted molar refractivity (Wildman–Crippen MR) is 103 cm³/mol. The van der Waals surface area contributed by atoms with Gasteiger partial charge in [0.2, 0.25) is 0 Å². The Kier molecular flexibility index (Phi) is 4.84. The Balaban J connectivity index is 2.10. The molecule has 1 aliphatic rings. The molecule has 1 aromatic carbocycles. The van der Waals surface area contributed by atoms with Gasteiger partial charge in [0.05, 0.1) is 16.8 Å². The summed E-state index contributed by atoms with van der Waals surface area (Å²) in [5.74, 6) is -0.368. The minimum atomic E-state index is -3.23. The maximum atomic E-state index is 13.3. The number of hydrogen-bond donors (Lipinski definition) is 0. The molecule has 3 nitrogen and oxygen atoms in total. The molecule has 0 radical (unpaired) electrons. The average Bonchev–Trinajstić information content (AvgIpc) is 3.02. The number of pyridine rings is 1. The Hall–Kier alpha value is -2.27. The van der Waals surface area contributed by atoms with Crippen LogP contribution in [0.25, 0.3) is 11.1 Å². The Morgan fingerprint density at radius 2 is 1.58 bits per heavy atom. The van der Waals surface area contributed by atoms with Gasteiger partial charge in [0.1, 0.15) is 5.82 Å². The highest BCUT2D eigenvalue weighted by atomic mass is 32.2. The van der Waals surface area contributed by atoms with E-state index in [1.165, 1.54) is 18.5 Å². The van der Waals surface area contributed by atoms with E-state index in [2.05, 4.69) is 31.0 Å². The van der Waals surface area contributed by atoms with E-state index >= 15 is 0 Å². The summed E-state index contributed by atoms with van der Waals surface area (Å²) < 4.78 is 36.7. The van der Waals surface area contributed by atoms with Gasteiger partial charge in [0.25, 0.3) is 0 Å². The number of allylic oxidation sites excluding steroid dienone is 4. The fraction of sp³-hybridized carbons (Fsp3) is 0.286. The molecule has 0 fully saturated rings. The van der Waals surface area contributed by atoms with Gasteiger partial charge in [-0.2, -0.15) is 0 Å². The normalized spacial score (nSPS) is 16.3. The first kappa shape index (κ1) is 18.5. The first-order chi connectivity index (χ1) is 12.3. The highest BCUT2D eigenvalue weighted by molar-refractivity contribution is 7.90. The predicted octanol–water partition coefficient (Wildman–Crippen LogP) is 4.91. The van der Waals surface area contributed by atoms with E-state index in [1.807, 2.05) is 12.1 Å². The van der Waals surface area contributed by atoms with Crippen LogP contribution in [0.15, 0.2) is 59.6 Å². The fourth-order valence-electron chi connectivity index (χ4n) is 3.30. The smallest absolute Gasteiger partial charge is 0.175 e. The van der Waals surface area contributed by atoms with Crippen LogP contribution in [0.1, 0.15) is 37.9 Å². The van der Waals surface area contributed by atoms with Gasteiger partial charge in [0, 0.05) is 17.2 Å². The molecule has 136 valence electrons. The third-order valence-electron chi connectivity index (χ3n) is 5.07. The van der Waals surface area contributed by atoms with Crippen molar-refractivity contribution in [2.24, 2.45) is 5.41 Å². The van der Waals surface area contributed by atoms with E-state index in [1.54, 1.807) is 18.2 Å². The highest BCUT2D eigenvalue weighted by Crippen LogP contribution is 2.47. The van der Waals surface area contributed by atoms with Crippen molar-refractivity contribution in [1.82, 2.24) is 4.98 Å². The maximum absolute atomic E-state index is 13.3. The molecule has 0 saturated carbocycles. The van der Waals surface area contributed by atoms with Crippen LogP contribution in [-0.2, 0) is 9.84 Å². The average molecular weight is 371 g/mol. The van der Waals surface area contributed by atoms with E-state index in [-0.39, 0.29) is 11.2 Å². The molecule has 3 rings (SSSR count). The monoisotopic (exact) mass is 371 g/mol. The lowest BCUT2D eigenvalue weighted by molar-refractivity contribution is 0.464. The Morgan fingerprint density at radius 3 is 2.08 bits per heavy atom. The molecule has 0 atom stereocenters. The molecule has 0 bridgehead atoms. The molecule has 2 aromatic rings. The van der Waals surface area contributed by atoms with Crippen molar-refractivity contribution >= 4 is 21.0 Å². The summed E-state index contributed by atoms with van der Waals surface area (Å²) in [7, 11) is -3.23. The molecule has 0 amide bonds. The van der Waals surface area contributed by atoms with Gasteiger partial charge in [-0.25, -0.2) is 12.8 Å². The quantitative estimate of drug-likeness (QED) is 0.750. The number of benzene rings is 1. The van der Waals surface area contributed by atoms with Crippen LogP contribution in [0, 0.1) is 11.2 Å². The number of aromatic nitrogens is 1. The van der Waals surface area contributed by atoms with E-state index in [0.29, 0.717) is 10.6 Å². The number of sulfone groups is 1. The van der Waals surface area contributed by atoms with Gasteiger partial charge in [-0.15, -0.1) is 0 Å². The third kappa shape index (κ3) is 3.49. The largest absolute Gasteiger partial charge is 0.253 e. The van der Waals surface area contributed by atoms with Gasteiger partial charge >= 0.3 is 0 Å². The molecule has 1 aliphatic carbocycles. The lowest BCUT2D eigenvalue weighted by atomic mass is 9.84. The van der Waals surface area contributed by atoms with E-state index in [0.717, 1.165) is 29.6 Å². The van der Waals surface area contributed by atoms with Crippen molar-refractivity contribution in [1.29, 1.82) is 0 Å². The minimum absolute atomic E-state index is 0.0732. The Bertz CT molecular complexity index is 968. The SMILES string of the molecule is CCC1(CC)C=C(c2ccc(S(C)(=O)=O)cc2)C(c2ccc(F)cn2)=C1. The Morgan fingerprint density at radius 1 is 0.962 bits per heavy atom. The topological polar surface area (TPSA) is 47.0 Å². The molecule has 0 N–H and O–H groups in total. The van der Waals surface area contributed by atoms with Crippen LogP contribution in [-0.4, -0.2) is 19.7 Å². The molecule has 26 heavy (non-hydrogen) atoms. The van der Waals surface area contributed by atoms with Gasteiger partial charge < -0.3 is 0 Å². The number of hydrogen-bond acceptors (Lipinski definition) is 3. The summed E-state index contributed by atoms with van der Waals surface area (Å²) in [6.45, 7) is 4.28. The van der Waals surface area contributed by atoms with Crippen molar-refractivity contribution in [3.63, 3.8) is 0 Å². The van der Waals surface area contributed by atoms with E-state index < -0.39 is 9.84 Å². The van der Waals surface area contributed by atoms with E-state index in [4.69, 9.17) is 0 Å². The van der Waals surface area contributed by atoms with Gasteiger partial charge in [-0.3, -0.25) is 4.98 Å². The zero-order valence-corrected chi connectivity index (χ0v) is 16.0. The van der Waals surface area contributed by atoms with Gasteiger partial charge in [-0.05, 0) is 48.2 Å². The molecule has 1 heterocycles. The van der Waals surface area contributed by atoms with Gasteiger partial charge in [-0.1, -0.05) is 38.1 Å². The maximum Gasteiger partial charge on any atom is 0.175 e. The molecule has 5 heteroatoms. The lowest BCUT2D eigenvalue weighted by Gasteiger charge is -2.20. The minimum Gasteiger partial charge on any atom is -0.253 e. The van der Waals surface area contributed by atoms with E-state index in [9.17, 15) is 12.8 Å². The third-order valence-corrected chi connectivity index (χ3v) is 6.20. The van der Waals surface area contributed by atoms with Crippen molar-refractivity contribution in [2.45, 2.75) is 31.6 Å². The van der Waals surface area contributed by atoms with Crippen LogP contribution in [0.5, 0.6) is 0 Å². The van der Waals surface area contributed by atoms with Crippen LogP contribution in [0.4, 0.5) is 4.39 Å². The second-order valence-electron chi connectivity index (χ2n) is 6.71. The number of halogens is 1. The summed E-state index contributed by atoms with van der Waals surface area (Å²) in [4.78, 5) is 4.54. The summed E-state index contributed by atoms with van der Waals surface area (Å²) in [6, 6.07) is 9.98. The molecular weight excluding hydrogens is 349 g/mol. The van der Waals surface area contributed by atoms with Crippen molar-refractivity contribution in [2.75, 3.05) is 6.26 Å². The summed E-state index contributed by atoms with van der Waals surface area (Å²) in [5, 5.41) is 0. The first-order valence-corrected chi connectivity index (χ1v) is 10.6. The summed E-state index contributed by atoms with van der Waals surface area (Å²) in [5.41, 5.74) is 3.54. The molecule has 0 spiro atoms. The Labute approximate surface area is 154 Å². The second-order valence-corrected chi connectivity index (χ2v) is 8.73. The first-order valence-electron chi connectivity index (χ1n) is 8.66. The highest BCUT2D eigenvalue weighted by Gasteiger charge is 2.31. The van der Waals surface area contributed by atoms with Crippen LogP contribution < -0.4 is 0 Å². The summed E-state index contributed by atoms with van der Waals surface area (Å²) >= 11 is 0.